The SMILES string of the molecule is CCOc1ccc2c(c1)C(c1ccc(F)cc1)=NNC(c1cccnc1)=N2. The first kappa shape index (κ1) is 16.9. The summed E-state index contributed by atoms with van der Waals surface area (Å²) < 4.78 is 19.0. The molecule has 4 rings (SSSR count). The third-order valence-electron chi connectivity index (χ3n) is 4.09. The summed E-state index contributed by atoms with van der Waals surface area (Å²) in [5, 5.41) is 4.55. The predicted molar refractivity (Wildman–Crippen MR) is 103 cm³/mol. The van der Waals surface area contributed by atoms with Crippen LogP contribution >= 0.6 is 0 Å². The van der Waals surface area contributed by atoms with Crippen LogP contribution in [0.1, 0.15) is 23.6 Å². The molecule has 0 bridgehead atoms. The molecule has 0 spiro atoms. The second-order valence-electron chi connectivity index (χ2n) is 5.89. The van der Waals surface area contributed by atoms with Crippen molar-refractivity contribution in [3.8, 4) is 5.75 Å². The molecule has 1 aliphatic rings. The number of hydrogen-bond donors (Lipinski definition) is 1. The molecule has 134 valence electrons. The van der Waals surface area contributed by atoms with E-state index in [4.69, 9.17) is 9.73 Å². The number of nitrogens with one attached hydrogen (secondary N) is 1. The molecule has 27 heavy (non-hydrogen) atoms. The van der Waals surface area contributed by atoms with E-state index in [1.165, 1.54) is 12.1 Å². The van der Waals surface area contributed by atoms with Crippen molar-refractivity contribution in [2.75, 3.05) is 6.61 Å². The summed E-state index contributed by atoms with van der Waals surface area (Å²) in [5.74, 6) is 1.02. The number of hydrogen-bond acceptors (Lipinski definition) is 5. The van der Waals surface area contributed by atoms with Crippen LogP contribution in [0.25, 0.3) is 0 Å². The molecule has 0 amide bonds. The van der Waals surface area contributed by atoms with Crippen LogP contribution in [0.5, 0.6) is 5.75 Å². The van der Waals surface area contributed by atoms with E-state index in [0.29, 0.717) is 18.2 Å². The number of rotatable bonds is 4. The van der Waals surface area contributed by atoms with E-state index in [0.717, 1.165) is 28.1 Å². The quantitative estimate of drug-likeness (QED) is 0.763. The monoisotopic (exact) mass is 360 g/mol. The lowest BCUT2D eigenvalue weighted by Gasteiger charge is -2.10. The van der Waals surface area contributed by atoms with Crippen LogP contribution in [0.2, 0.25) is 0 Å². The molecule has 3 aromatic rings. The maximum Gasteiger partial charge on any atom is 0.155 e. The van der Waals surface area contributed by atoms with Crippen LogP contribution < -0.4 is 10.2 Å². The van der Waals surface area contributed by atoms with Gasteiger partial charge in [-0.25, -0.2) is 9.38 Å². The Balaban J connectivity index is 1.86. The number of pyridine rings is 1. The van der Waals surface area contributed by atoms with Crippen molar-refractivity contribution in [1.82, 2.24) is 10.4 Å². The predicted octanol–water partition coefficient (Wildman–Crippen LogP) is 4.05. The van der Waals surface area contributed by atoms with E-state index in [1.807, 2.05) is 37.3 Å². The van der Waals surface area contributed by atoms with E-state index < -0.39 is 0 Å². The Bertz CT molecular complexity index is 1010. The fraction of sp³-hybridized carbons (Fsp3) is 0.0952. The number of nitrogens with zero attached hydrogens (tertiary/aromatic N) is 3. The van der Waals surface area contributed by atoms with Crippen molar-refractivity contribution in [3.63, 3.8) is 0 Å². The summed E-state index contributed by atoms with van der Waals surface area (Å²) in [7, 11) is 0. The van der Waals surface area contributed by atoms with Gasteiger partial charge in [0.2, 0.25) is 0 Å². The first-order valence-electron chi connectivity index (χ1n) is 8.60. The zero-order chi connectivity index (χ0) is 18.6. The molecule has 0 radical (unpaired) electrons. The third-order valence-corrected chi connectivity index (χ3v) is 4.09. The largest absolute Gasteiger partial charge is 0.494 e. The van der Waals surface area contributed by atoms with E-state index in [-0.39, 0.29) is 5.82 Å². The van der Waals surface area contributed by atoms with Crippen LogP contribution in [-0.2, 0) is 0 Å². The number of hydrazone groups is 1. The number of aromatic nitrogens is 1. The molecule has 2 heterocycles. The number of ether oxygens (including phenoxy) is 1. The third kappa shape index (κ3) is 3.55. The Kier molecular flexibility index (Phi) is 4.61. The fourth-order valence-electron chi connectivity index (χ4n) is 2.83. The molecule has 0 saturated carbocycles. The van der Waals surface area contributed by atoms with Crippen LogP contribution in [0.15, 0.2) is 77.1 Å². The minimum absolute atomic E-state index is 0.295. The van der Waals surface area contributed by atoms with E-state index in [1.54, 1.807) is 24.5 Å². The van der Waals surface area contributed by atoms with E-state index in [2.05, 4.69) is 15.5 Å². The molecule has 1 aliphatic heterocycles. The highest BCUT2D eigenvalue weighted by atomic mass is 19.1. The Morgan fingerprint density at radius 1 is 1.04 bits per heavy atom. The standard InChI is InChI=1S/C21H17FN4O/c1-2-27-17-9-10-19-18(12-17)20(14-5-7-16(22)8-6-14)25-26-21(24-19)15-4-3-11-23-13-15/h3-13H,2H2,1H3,(H,24,26). The fourth-order valence-corrected chi connectivity index (χ4v) is 2.83. The molecule has 6 heteroatoms. The molecule has 5 nitrogen and oxygen atoms in total. The van der Waals surface area contributed by atoms with Crippen molar-refractivity contribution >= 4 is 17.2 Å². The topological polar surface area (TPSA) is 58.9 Å². The van der Waals surface area contributed by atoms with Crippen LogP contribution in [0.3, 0.4) is 0 Å². The number of aliphatic imine (C=N–C) groups is 1. The van der Waals surface area contributed by atoms with E-state index >= 15 is 0 Å². The van der Waals surface area contributed by atoms with Gasteiger partial charge in [0.15, 0.2) is 5.84 Å². The van der Waals surface area contributed by atoms with Gasteiger partial charge in [0, 0.05) is 29.1 Å². The first-order valence-corrected chi connectivity index (χ1v) is 8.60. The van der Waals surface area contributed by atoms with Gasteiger partial charge in [-0.05, 0) is 61.5 Å². The summed E-state index contributed by atoms with van der Waals surface area (Å²) in [6.45, 7) is 2.49. The Labute approximate surface area is 156 Å². The molecular formula is C21H17FN4O. The number of benzene rings is 2. The molecule has 2 aromatic carbocycles. The molecular weight excluding hydrogens is 343 g/mol. The second-order valence-corrected chi connectivity index (χ2v) is 5.89. The second kappa shape index (κ2) is 7.37. The zero-order valence-electron chi connectivity index (χ0n) is 14.7. The normalized spacial score (nSPS) is 13.0. The molecule has 0 atom stereocenters. The molecule has 0 fully saturated rings. The molecule has 0 aliphatic carbocycles. The molecule has 0 saturated heterocycles. The van der Waals surface area contributed by atoms with Crippen LogP contribution in [0, 0.1) is 5.82 Å². The van der Waals surface area contributed by atoms with Gasteiger partial charge in [-0.15, -0.1) is 0 Å². The summed E-state index contributed by atoms with van der Waals surface area (Å²) in [5.41, 5.74) is 6.83. The lowest BCUT2D eigenvalue weighted by Crippen LogP contribution is -2.19. The molecule has 1 aromatic heterocycles. The van der Waals surface area contributed by atoms with Gasteiger partial charge in [-0.2, -0.15) is 5.10 Å². The maximum absolute atomic E-state index is 13.4. The highest BCUT2D eigenvalue weighted by Crippen LogP contribution is 2.29. The number of fused-ring (bicyclic) bond motifs is 1. The minimum atomic E-state index is -0.295. The smallest absolute Gasteiger partial charge is 0.155 e. The Morgan fingerprint density at radius 3 is 2.63 bits per heavy atom. The minimum Gasteiger partial charge on any atom is -0.494 e. The maximum atomic E-state index is 13.4. The average Bonchev–Trinajstić information content (AvgIpc) is 2.89. The first-order chi connectivity index (χ1) is 13.2. The van der Waals surface area contributed by atoms with Gasteiger partial charge in [0.05, 0.1) is 12.3 Å². The van der Waals surface area contributed by atoms with Gasteiger partial charge < -0.3 is 4.74 Å². The van der Waals surface area contributed by atoms with Gasteiger partial charge in [-0.3, -0.25) is 10.4 Å². The zero-order valence-corrected chi connectivity index (χ0v) is 14.7. The summed E-state index contributed by atoms with van der Waals surface area (Å²) in [6.07, 6.45) is 3.43. The van der Waals surface area contributed by atoms with Crippen molar-refractivity contribution in [2.45, 2.75) is 6.92 Å². The highest BCUT2D eigenvalue weighted by Gasteiger charge is 2.18. The highest BCUT2D eigenvalue weighted by molar-refractivity contribution is 6.18. The van der Waals surface area contributed by atoms with Crippen molar-refractivity contribution in [2.24, 2.45) is 10.1 Å². The van der Waals surface area contributed by atoms with Gasteiger partial charge in [-0.1, -0.05) is 0 Å². The summed E-state index contributed by atoms with van der Waals surface area (Å²) >= 11 is 0. The van der Waals surface area contributed by atoms with Gasteiger partial charge in [0.25, 0.3) is 0 Å². The molecule has 0 unspecified atom stereocenters. The number of halogens is 1. The van der Waals surface area contributed by atoms with E-state index in [9.17, 15) is 4.39 Å². The van der Waals surface area contributed by atoms with Gasteiger partial charge in [0.1, 0.15) is 17.3 Å². The Morgan fingerprint density at radius 2 is 1.89 bits per heavy atom. The number of amidine groups is 1. The van der Waals surface area contributed by atoms with Crippen molar-refractivity contribution < 1.29 is 9.13 Å². The van der Waals surface area contributed by atoms with Gasteiger partial charge >= 0.3 is 0 Å². The lowest BCUT2D eigenvalue weighted by atomic mass is 10.0. The average molecular weight is 360 g/mol. The Hall–Kier alpha value is -3.54. The lowest BCUT2D eigenvalue weighted by molar-refractivity contribution is 0.340. The summed E-state index contributed by atoms with van der Waals surface area (Å²) in [4.78, 5) is 8.87. The van der Waals surface area contributed by atoms with Crippen molar-refractivity contribution in [1.29, 1.82) is 0 Å². The summed E-state index contributed by atoms with van der Waals surface area (Å²) in [6, 6.07) is 15.6. The van der Waals surface area contributed by atoms with Crippen molar-refractivity contribution in [3.05, 3.63) is 89.5 Å². The molecule has 1 N–H and O–H groups in total. The van der Waals surface area contributed by atoms with Crippen LogP contribution in [0.4, 0.5) is 10.1 Å². The van der Waals surface area contributed by atoms with Crippen LogP contribution in [-0.4, -0.2) is 23.1 Å².